The number of ether oxygens (including phenoxy) is 3. The highest BCUT2D eigenvalue weighted by Gasteiger charge is 2.37. The number of benzene rings is 2. The number of likely N-dealkylation sites (tertiary alicyclic amines) is 1. The molecule has 156 valence electrons. The predicted molar refractivity (Wildman–Crippen MR) is 113 cm³/mol. The van der Waals surface area contributed by atoms with Crippen molar-refractivity contribution < 1.29 is 19.3 Å². The number of β-amino-alcohol motifs (C(OH)–C–C–N with tert-alkyl or cyclic N) is 1. The van der Waals surface area contributed by atoms with Crippen LogP contribution in [-0.4, -0.2) is 63.6 Å². The van der Waals surface area contributed by atoms with Crippen molar-refractivity contribution in [1.82, 2.24) is 4.90 Å². The van der Waals surface area contributed by atoms with Crippen molar-refractivity contribution in [3.8, 4) is 11.5 Å². The summed E-state index contributed by atoms with van der Waals surface area (Å²) in [5, 5.41) is 11.1. The summed E-state index contributed by atoms with van der Waals surface area (Å²) in [4.78, 5) is 4.55. The molecular weight excluding hydrogens is 368 g/mol. The average Bonchev–Trinajstić information content (AvgIpc) is 3.16. The van der Waals surface area contributed by atoms with Crippen LogP contribution in [0.1, 0.15) is 17.5 Å². The van der Waals surface area contributed by atoms with Crippen molar-refractivity contribution in [2.75, 3.05) is 58.5 Å². The van der Waals surface area contributed by atoms with Gasteiger partial charge in [-0.25, -0.2) is 0 Å². The molecule has 2 aliphatic heterocycles. The molecule has 6 heteroatoms. The van der Waals surface area contributed by atoms with E-state index in [0.29, 0.717) is 13.1 Å². The van der Waals surface area contributed by atoms with E-state index in [2.05, 4.69) is 21.9 Å². The lowest BCUT2D eigenvalue weighted by Crippen LogP contribution is -2.36. The fourth-order valence-electron chi connectivity index (χ4n) is 4.35. The summed E-state index contributed by atoms with van der Waals surface area (Å²) >= 11 is 0. The first kappa shape index (κ1) is 20.0. The fraction of sp³-hybridized carbons (Fsp3) is 0.478. The molecule has 29 heavy (non-hydrogen) atoms. The molecule has 0 radical (unpaired) electrons. The number of methoxy groups -OCH3 is 2. The SMILES string of the molecule is COc1cc(N2CCOCC2)c(OC)cc1CN1CCC(O)(c2ccccc2)C1. The summed E-state index contributed by atoms with van der Waals surface area (Å²) in [6.45, 7) is 5.27. The zero-order valence-electron chi connectivity index (χ0n) is 17.3. The maximum absolute atomic E-state index is 11.1. The second kappa shape index (κ2) is 8.61. The van der Waals surface area contributed by atoms with Crippen molar-refractivity contribution in [1.29, 1.82) is 0 Å². The summed E-state index contributed by atoms with van der Waals surface area (Å²) in [7, 11) is 3.41. The Balaban J connectivity index is 1.54. The molecule has 6 nitrogen and oxygen atoms in total. The molecule has 4 rings (SSSR count). The number of aliphatic hydroxyl groups is 1. The van der Waals surface area contributed by atoms with Gasteiger partial charge in [-0.15, -0.1) is 0 Å². The monoisotopic (exact) mass is 398 g/mol. The lowest BCUT2D eigenvalue weighted by Gasteiger charge is -2.31. The number of nitrogens with zero attached hydrogens (tertiary/aromatic N) is 2. The van der Waals surface area contributed by atoms with Crippen molar-refractivity contribution >= 4 is 5.69 Å². The summed E-state index contributed by atoms with van der Waals surface area (Å²) in [6, 6.07) is 14.1. The molecule has 0 amide bonds. The number of rotatable bonds is 6. The van der Waals surface area contributed by atoms with Gasteiger partial charge in [0.1, 0.15) is 17.1 Å². The van der Waals surface area contributed by atoms with E-state index in [1.807, 2.05) is 30.3 Å². The van der Waals surface area contributed by atoms with Crippen molar-refractivity contribution in [2.45, 2.75) is 18.6 Å². The zero-order chi connectivity index (χ0) is 20.3. The predicted octanol–water partition coefficient (Wildman–Crippen LogP) is 2.63. The van der Waals surface area contributed by atoms with Crippen molar-refractivity contribution in [2.24, 2.45) is 0 Å². The minimum Gasteiger partial charge on any atom is -0.496 e. The lowest BCUT2D eigenvalue weighted by molar-refractivity contribution is 0.0452. The third kappa shape index (κ3) is 4.20. The first-order valence-electron chi connectivity index (χ1n) is 10.2. The molecular formula is C23H30N2O4. The van der Waals surface area contributed by atoms with Gasteiger partial charge in [0.2, 0.25) is 0 Å². The van der Waals surface area contributed by atoms with Crippen LogP contribution in [0, 0.1) is 0 Å². The molecule has 1 unspecified atom stereocenters. The quantitative estimate of drug-likeness (QED) is 0.807. The molecule has 0 bridgehead atoms. The molecule has 1 N–H and O–H groups in total. The molecule has 0 spiro atoms. The highest BCUT2D eigenvalue weighted by molar-refractivity contribution is 5.64. The van der Waals surface area contributed by atoms with Gasteiger partial charge in [-0.05, 0) is 18.1 Å². The third-order valence-electron chi connectivity index (χ3n) is 5.97. The first-order valence-corrected chi connectivity index (χ1v) is 10.2. The highest BCUT2D eigenvalue weighted by Crippen LogP contribution is 2.38. The Bertz CT molecular complexity index is 823. The van der Waals surface area contributed by atoms with Crippen LogP contribution < -0.4 is 14.4 Å². The topological polar surface area (TPSA) is 54.4 Å². The van der Waals surface area contributed by atoms with E-state index in [9.17, 15) is 5.11 Å². The summed E-state index contributed by atoms with van der Waals surface area (Å²) in [5.41, 5.74) is 2.29. The van der Waals surface area contributed by atoms with E-state index in [4.69, 9.17) is 14.2 Å². The van der Waals surface area contributed by atoms with E-state index in [1.165, 1.54) is 0 Å². The van der Waals surface area contributed by atoms with Gasteiger partial charge in [-0.2, -0.15) is 0 Å². The Morgan fingerprint density at radius 2 is 1.72 bits per heavy atom. The first-order chi connectivity index (χ1) is 14.1. The van der Waals surface area contributed by atoms with Gasteiger partial charge in [-0.1, -0.05) is 30.3 Å². The van der Waals surface area contributed by atoms with Crippen molar-refractivity contribution in [3.63, 3.8) is 0 Å². The second-order valence-corrected chi connectivity index (χ2v) is 7.79. The molecule has 1 atom stereocenters. The van der Waals surface area contributed by atoms with E-state index in [0.717, 1.165) is 67.6 Å². The molecule has 0 aromatic heterocycles. The Morgan fingerprint density at radius 3 is 2.41 bits per heavy atom. The molecule has 2 aromatic carbocycles. The molecule has 2 aliphatic rings. The van der Waals surface area contributed by atoms with Crippen LogP contribution in [0.2, 0.25) is 0 Å². The number of morpholine rings is 1. The normalized spacial score (nSPS) is 22.7. The molecule has 2 heterocycles. The molecule has 0 aliphatic carbocycles. The summed E-state index contributed by atoms with van der Waals surface area (Å²) in [5.74, 6) is 1.70. The highest BCUT2D eigenvalue weighted by atomic mass is 16.5. The van der Waals surface area contributed by atoms with Gasteiger partial charge in [0.15, 0.2) is 0 Å². The Labute approximate surface area is 172 Å². The van der Waals surface area contributed by atoms with Gasteiger partial charge in [0.25, 0.3) is 0 Å². The van der Waals surface area contributed by atoms with Gasteiger partial charge in [0, 0.05) is 44.4 Å². The van der Waals surface area contributed by atoms with Gasteiger partial charge in [-0.3, -0.25) is 4.90 Å². The van der Waals surface area contributed by atoms with Crippen LogP contribution in [0.5, 0.6) is 11.5 Å². The summed E-state index contributed by atoms with van der Waals surface area (Å²) < 4.78 is 16.9. The number of anilines is 1. The van der Waals surface area contributed by atoms with Crippen molar-refractivity contribution in [3.05, 3.63) is 53.6 Å². The molecule has 2 fully saturated rings. The summed E-state index contributed by atoms with van der Waals surface area (Å²) in [6.07, 6.45) is 0.725. The second-order valence-electron chi connectivity index (χ2n) is 7.79. The Morgan fingerprint density at radius 1 is 1.00 bits per heavy atom. The number of hydrogen-bond acceptors (Lipinski definition) is 6. The van der Waals surface area contributed by atoms with Gasteiger partial charge < -0.3 is 24.2 Å². The largest absolute Gasteiger partial charge is 0.496 e. The van der Waals surface area contributed by atoms with Gasteiger partial charge in [0.05, 0.1) is 33.1 Å². The molecule has 0 saturated carbocycles. The fourth-order valence-corrected chi connectivity index (χ4v) is 4.35. The zero-order valence-corrected chi connectivity index (χ0v) is 17.3. The molecule has 2 aromatic rings. The minimum absolute atomic E-state index is 0.605. The maximum Gasteiger partial charge on any atom is 0.142 e. The van der Waals surface area contributed by atoms with Crippen LogP contribution in [-0.2, 0) is 16.9 Å². The van der Waals surface area contributed by atoms with Crippen LogP contribution in [0.4, 0.5) is 5.69 Å². The van der Waals surface area contributed by atoms with Crippen LogP contribution in [0.15, 0.2) is 42.5 Å². The van der Waals surface area contributed by atoms with Crippen LogP contribution in [0.25, 0.3) is 0 Å². The van der Waals surface area contributed by atoms with E-state index in [-0.39, 0.29) is 0 Å². The smallest absolute Gasteiger partial charge is 0.142 e. The standard InChI is InChI=1S/C23H30N2O4/c1-27-21-15-20(25-10-12-29-13-11-25)22(28-2)14-18(21)16-24-9-8-23(26,17-24)19-6-4-3-5-7-19/h3-7,14-15,26H,8-13,16-17H2,1-2H3. The van der Waals surface area contributed by atoms with E-state index < -0.39 is 5.60 Å². The number of hydrogen-bond donors (Lipinski definition) is 1. The Hall–Kier alpha value is -2.28. The average molecular weight is 399 g/mol. The van der Waals surface area contributed by atoms with Crippen LogP contribution in [0.3, 0.4) is 0 Å². The van der Waals surface area contributed by atoms with Crippen LogP contribution >= 0.6 is 0 Å². The minimum atomic E-state index is -0.799. The Kier molecular flexibility index (Phi) is 5.94. The van der Waals surface area contributed by atoms with E-state index >= 15 is 0 Å². The van der Waals surface area contributed by atoms with E-state index in [1.54, 1.807) is 14.2 Å². The third-order valence-corrected chi connectivity index (χ3v) is 5.97. The maximum atomic E-state index is 11.1. The molecule has 2 saturated heterocycles. The lowest BCUT2D eigenvalue weighted by atomic mass is 9.93. The van der Waals surface area contributed by atoms with Gasteiger partial charge >= 0.3 is 0 Å².